The topological polar surface area (TPSA) is 49.9 Å². The molecule has 1 saturated heterocycles. The first-order valence-electron chi connectivity index (χ1n) is 10.2. The monoisotopic (exact) mass is 370 g/mol. The van der Waals surface area contributed by atoms with Crippen LogP contribution in [-0.4, -0.2) is 54.5 Å². The lowest BCUT2D eigenvalue weighted by Gasteiger charge is -2.29. The Bertz CT molecular complexity index is 678. The molecule has 5 heteroatoms. The third-order valence-corrected chi connectivity index (χ3v) is 5.19. The quantitative estimate of drug-likeness (QED) is 0.493. The third-order valence-electron chi connectivity index (χ3n) is 5.19. The standard InChI is InChI=1S/C22H30N2O3/c1-2-3-16-27-17-10-15-24-21(25)19(18-11-6-4-7-12-18)20(22(24)26)23-13-8-5-9-14-23/h4,6-7,11-12H,2-3,5,8-10,13-17H2,1H3. The predicted octanol–water partition coefficient (Wildman–Crippen LogP) is 3.46. The van der Waals surface area contributed by atoms with Gasteiger partial charge in [-0.25, -0.2) is 0 Å². The Balaban J connectivity index is 1.75. The highest BCUT2D eigenvalue weighted by Gasteiger charge is 2.41. The zero-order chi connectivity index (χ0) is 19.1. The van der Waals surface area contributed by atoms with E-state index in [1.807, 2.05) is 30.3 Å². The highest BCUT2D eigenvalue weighted by Crippen LogP contribution is 2.33. The molecule has 0 aliphatic carbocycles. The fourth-order valence-electron chi connectivity index (χ4n) is 3.72. The summed E-state index contributed by atoms with van der Waals surface area (Å²) in [4.78, 5) is 29.8. The van der Waals surface area contributed by atoms with Gasteiger partial charge >= 0.3 is 0 Å². The van der Waals surface area contributed by atoms with Gasteiger partial charge in [0.05, 0.1) is 5.57 Å². The van der Waals surface area contributed by atoms with Crippen LogP contribution in [0.5, 0.6) is 0 Å². The Morgan fingerprint density at radius 2 is 1.63 bits per heavy atom. The summed E-state index contributed by atoms with van der Waals surface area (Å²) < 4.78 is 5.59. The van der Waals surface area contributed by atoms with Crippen molar-refractivity contribution < 1.29 is 14.3 Å². The maximum Gasteiger partial charge on any atom is 0.277 e. The van der Waals surface area contributed by atoms with Crippen molar-refractivity contribution in [2.24, 2.45) is 0 Å². The third kappa shape index (κ3) is 4.59. The number of unbranched alkanes of at least 4 members (excludes halogenated alkanes) is 1. The van der Waals surface area contributed by atoms with Gasteiger partial charge in [0.25, 0.3) is 11.8 Å². The van der Waals surface area contributed by atoms with Crippen LogP contribution in [0.2, 0.25) is 0 Å². The van der Waals surface area contributed by atoms with Gasteiger partial charge in [-0.3, -0.25) is 14.5 Å². The van der Waals surface area contributed by atoms with E-state index in [1.54, 1.807) is 0 Å². The van der Waals surface area contributed by atoms with Crippen LogP contribution in [0.15, 0.2) is 36.0 Å². The molecule has 27 heavy (non-hydrogen) atoms. The number of nitrogens with zero attached hydrogens (tertiary/aromatic N) is 2. The van der Waals surface area contributed by atoms with Crippen molar-refractivity contribution in [3.05, 3.63) is 41.6 Å². The number of piperidine rings is 1. The average Bonchev–Trinajstić information content (AvgIpc) is 2.96. The number of carbonyl (C=O) groups is 2. The molecule has 2 heterocycles. The SMILES string of the molecule is CCCCOCCCN1C(=O)C(c2ccccc2)=C(N2CCCCC2)C1=O. The van der Waals surface area contributed by atoms with Gasteiger partial charge in [-0.1, -0.05) is 43.7 Å². The minimum Gasteiger partial charge on any atom is -0.381 e. The number of imide groups is 1. The Morgan fingerprint density at radius 1 is 0.926 bits per heavy atom. The van der Waals surface area contributed by atoms with Crippen LogP contribution >= 0.6 is 0 Å². The van der Waals surface area contributed by atoms with Crippen molar-refractivity contribution in [3.8, 4) is 0 Å². The Hall–Kier alpha value is -2.14. The number of benzene rings is 1. The van der Waals surface area contributed by atoms with Crippen LogP contribution in [0.1, 0.15) is 51.0 Å². The van der Waals surface area contributed by atoms with Crippen molar-refractivity contribution in [2.45, 2.75) is 45.4 Å². The van der Waals surface area contributed by atoms with E-state index >= 15 is 0 Å². The molecule has 0 radical (unpaired) electrons. The van der Waals surface area contributed by atoms with E-state index in [4.69, 9.17) is 4.74 Å². The van der Waals surface area contributed by atoms with Crippen molar-refractivity contribution in [1.29, 1.82) is 0 Å². The average molecular weight is 370 g/mol. The molecule has 2 aliphatic heterocycles. The summed E-state index contributed by atoms with van der Waals surface area (Å²) in [6, 6.07) is 9.59. The lowest BCUT2D eigenvalue weighted by atomic mass is 10.0. The summed E-state index contributed by atoms with van der Waals surface area (Å²) in [7, 11) is 0. The zero-order valence-corrected chi connectivity index (χ0v) is 16.3. The molecular formula is C22H30N2O3. The largest absolute Gasteiger partial charge is 0.381 e. The van der Waals surface area contributed by atoms with Crippen LogP contribution in [0, 0.1) is 0 Å². The number of carbonyl (C=O) groups excluding carboxylic acids is 2. The minimum absolute atomic E-state index is 0.144. The number of likely N-dealkylation sites (tertiary alicyclic amines) is 1. The summed E-state index contributed by atoms with van der Waals surface area (Å²) >= 11 is 0. The second kappa shape index (κ2) is 9.70. The highest BCUT2D eigenvalue weighted by molar-refractivity contribution is 6.35. The number of hydrogen-bond donors (Lipinski definition) is 0. The molecule has 0 atom stereocenters. The van der Waals surface area contributed by atoms with Crippen LogP contribution < -0.4 is 0 Å². The normalized spacial score (nSPS) is 18.0. The Labute approximate surface area is 162 Å². The van der Waals surface area contributed by atoms with Gasteiger partial charge < -0.3 is 9.64 Å². The van der Waals surface area contributed by atoms with Crippen molar-refractivity contribution in [3.63, 3.8) is 0 Å². The maximum atomic E-state index is 13.1. The molecule has 1 aromatic rings. The van der Waals surface area contributed by atoms with E-state index in [0.717, 1.165) is 50.9 Å². The van der Waals surface area contributed by atoms with E-state index in [0.29, 0.717) is 30.8 Å². The predicted molar refractivity (Wildman–Crippen MR) is 106 cm³/mol. The number of rotatable bonds is 9. The fraction of sp³-hybridized carbons (Fsp3) is 0.545. The van der Waals surface area contributed by atoms with Gasteiger partial charge in [0.2, 0.25) is 0 Å². The van der Waals surface area contributed by atoms with Crippen molar-refractivity contribution in [2.75, 3.05) is 32.8 Å². The van der Waals surface area contributed by atoms with E-state index < -0.39 is 0 Å². The molecule has 5 nitrogen and oxygen atoms in total. The Morgan fingerprint density at radius 3 is 2.33 bits per heavy atom. The molecule has 0 bridgehead atoms. The number of ether oxygens (including phenoxy) is 1. The molecule has 0 spiro atoms. The summed E-state index contributed by atoms with van der Waals surface area (Å²) in [5.41, 5.74) is 1.99. The van der Waals surface area contributed by atoms with Crippen LogP contribution in [-0.2, 0) is 14.3 Å². The van der Waals surface area contributed by atoms with Crippen LogP contribution in [0.3, 0.4) is 0 Å². The van der Waals surface area contributed by atoms with Crippen LogP contribution in [0.4, 0.5) is 0 Å². The molecule has 146 valence electrons. The van der Waals surface area contributed by atoms with Gasteiger partial charge in [-0.15, -0.1) is 0 Å². The fourth-order valence-corrected chi connectivity index (χ4v) is 3.72. The van der Waals surface area contributed by atoms with E-state index in [1.165, 1.54) is 11.3 Å². The molecule has 2 aliphatic rings. The van der Waals surface area contributed by atoms with Gasteiger partial charge in [-0.05, 0) is 37.7 Å². The highest BCUT2D eigenvalue weighted by atomic mass is 16.5. The first-order valence-corrected chi connectivity index (χ1v) is 10.2. The summed E-state index contributed by atoms with van der Waals surface area (Å²) in [6.07, 6.45) is 6.14. The van der Waals surface area contributed by atoms with Crippen molar-refractivity contribution >= 4 is 17.4 Å². The number of hydrogen-bond acceptors (Lipinski definition) is 4. The Kier molecular flexibility index (Phi) is 7.04. The molecule has 1 aromatic carbocycles. The van der Waals surface area contributed by atoms with Crippen LogP contribution in [0.25, 0.3) is 5.57 Å². The number of amides is 2. The van der Waals surface area contributed by atoms with E-state index in [-0.39, 0.29) is 11.8 Å². The summed E-state index contributed by atoms with van der Waals surface area (Å²) in [5.74, 6) is -0.311. The lowest BCUT2D eigenvalue weighted by molar-refractivity contribution is -0.137. The molecule has 1 fully saturated rings. The van der Waals surface area contributed by atoms with E-state index in [2.05, 4.69) is 11.8 Å². The van der Waals surface area contributed by atoms with Crippen molar-refractivity contribution in [1.82, 2.24) is 9.80 Å². The lowest BCUT2D eigenvalue weighted by Crippen LogP contribution is -2.37. The minimum atomic E-state index is -0.166. The second-order valence-corrected chi connectivity index (χ2v) is 7.22. The molecule has 3 rings (SSSR count). The van der Waals surface area contributed by atoms with Gasteiger partial charge in [0.15, 0.2) is 0 Å². The molecule has 0 N–H and O–H groups in total. The first-order chi connectivity index (χ1) is 13.2. The van der Waals surface area contributed by atoms with Gasteiger partial charge in [0, 0.05) is 32.8 Å². The van der Waals surface area contributed by atoms with Gasteiger partial charge in [-0.2, -0.15) is 0 Å². The van der Waals surface area contributed by atoms with Gasteiger partial charge in [0.1, 0.15) is 5.70 Å². The second-order valence-electron chi connectivity index (χ2n) is 7.22. The summed E-state index contributed by atoms with van der Waals surface area (Å²) in [6.45, 7) is 5.56. The maximum absolute atomic E-state index is 13.1. The summed E-state index contributed by atoms with van der Waals surface area (Å²) in [5, 5.41) is 0. The molecular weight excluding hydrogens is 340 g/mol. The molecule has 0 aromatic heterocycles. The first kappa shape index (κ1) is 19.6. The smallest absolute Gasteiger partial charge is 0.277 e. The molecule has 2 amide bonds. The molecule has 0 unspecified atom stereocenters. The molecule has 0 saturated carbocycles. The van der Waals surface area contributed by atoms with E-state index in [9.17, 15) is 9.59 Å². The zero-order valence-electron chi connectivity index (χ0n) is 16.3.